The Morgan fingerprint density at radius 3 is 2.60 bits per heavy atom. The van der Waals surface area contributed by atoms with Gasteiger partial charge in [0.15, 0.2) is 5.65 Å². The van der Waals surface area contributed by atoms with Crippen LogP contribution in [0.15, 0.2) is 10.8 Å². The van der Waals surface area contributed by atoms with Crippen LogP contribution in [-0.2, 0) is 6.54 Å². The molecule has 0 aliphatic heterocycles. The van der Waals surface area contributed by atoms with Crippen molar-refractivity contribution in [1.82, 2.24) is 24.7 Å². The first-order valence-corrected chi connectivity index (χ1v) is 9.23. The number of fused-ring (bicyclic) bond motifs is 1. The Bertz CT molecular complexity index is 947. The van der Waals surface area contributed by atoms with Crippen LogP contribution in [0, 0.1) is 20.8 Å². The normalized spacial score (nSPS) is 12.7. The number of pyridine rings is 1. The molecule has 1 atom stereocenters. The first-order chi connectivity index (χ1) is 11.8. The van der Waals surface area contributed by atoms with Crippen molar-refractivity contribution in [2.24, 2.45) is 0 Å². The number of halogens is 1. The van der Waals surface area contributed by atoms with Crippen molar-refractivity contribution in [3.8, 4) is 0 Å². The quantitative estimate of drug-likeness (QED) is 0.665. The Kier molecular flexibility index (Phi) is 4.77. The van der Waals surface area contributed by atoms with E-state index >= 15 is 0 Å². The van der Waals surface area contributed by atoms with Gasteiger partial charge in [0.05, 0.1) is 23.3 Å². The number of aryl methyl sites for hydroxylation is 1. The molecule has 7 heteroatoms. The highest BCUT2D eigenvalue weighted by molar-refractivity contribution is 9.10. The lowest BCUT2D eigenvalue weighted by Gasteiger charge is -2.10. The van der Waals surface area contributed by atoms with Crippen LogP contribution >= 0.6 is 15.9 Å². The Labute approximate surface area is 156 Å². The van der Waals surface area contributed by atoms with E-state index < -0.39 is 0 Å². The molecule has 0 aliphatic carbocycles. The van der Waals surface area contributed by atoms with Gasteiger partial charge in [-0.1, -0.05) is 13.8 Å². The summed E-state index contributed by atoms with van der Waals surface area (Å²) >= 11 is 3.53. The van der Waals surface area contributed by atoms with E-state index in [4.69, 9.17) is 10.8 Å². The maximum absolute atomic E-state index is 5.87. The second kappa shape index (κ2) is 6.71. The Hall–Kier alpha value is -2.02. The Morgan fingerprint density at radius 1 is 1.20 bits per heavy atom. The predicted octanol–water partition coefficient (Wildman–Crippen LogP) is 4.05. The first-order valence-electron chi connectivity index (χ1n) is 8.44. The van der Waals surface area contributed by atoms with Gasteiger partial charge in [0.2, 0.25) is 5.95 Å². The average molecular weight is 403 g/mol. The topological polar surface area (TPSA) is 82.5 Å². The molecule has 2 N–H and O–H groups in total. The summed E-state index contributed by atoms with van der Waals surface area (Å²) in [6, 6.07) is 0. The minimum atomic E-state index is 0.237. The highest BCUT2D eigenvalue weighted by Crippen LogP contribution is 2.31. The molecular weight excluding hydrogens is 380 g/mol. The number of hydrogen-bond donors (Lipinski definition) is 1. The molecule has 0 radical (unpaired) electrons. The molecule has 3 heterocycles. The lowest BCUT2D eigenvalue weighted by molar-refractivity contribution is 0.634. The van der Waals surface area contributed by atoms with E-state index in [0.29, 0.717) is 17.1 Å². The molecule has 3 rings (SSSR count). The molecular formula is C18H23BrN6. The molecule has 0 spiro atoms. The van der Waals surface area contributed by atoms with Crippen molar-refractivity contribution in [3.63, 3.8) is 0 Å². The highest BCUT2D eigenvalue weighted by atomic mass is 79.9. The van der Waals surface area contributed by atoms with E-state index in [1.807, 2.05) is 10.9 Å². The Morgan fingerprint density at radius 2 is 1.92 bits per heavy atom. The Balaban J connectivity index is 2.18. The molecule has 0 saturated carbocycles. The monoisotopic (exact) mass is 402 g/mol. The zero-order valence-corrected chi connectivity index (χ0v) is 16.8. The summed E-state index contributed by atoms with van der Waals surface area (Å²) in [4.78, 5) is 13.3. The van der Waals surface area contributed by atoms with E-state index in [1.165, 1.54) is 16.7 Å². The van der Waals surface area contributed by atoms with Gasteiger partial charge in [-0.15, -0.1) is 0 Å². The molecule has 0 saturated heterocycles. The maximum atomic E-state index is 5.87. The molecule has 132 valence electrons. The highest BCUT2D eigenvalue weighted by Gasteiger charge is 2.21. The fourth-order valence-electron chi connectivity index (χ4n) is 2.90. The summed E-state index contributed by atoms with van der Waals surface area (Å²) in [6.45, 7) is 11.2. The second-order valence-corrected chi connectivity index (χ2v) is 7.31. The lowest BCUT2D eigenvalue weighted by atomic mass is 10.0. The third-order valence-corrected chi connectivity index (χ3v) is 5.55. The van der Waals surface area contributed by atoms with Gasteiger partial charge in [0.25, 0.3) is 0 Å². The minimum Gasteiger partial charge on any atom is -0.368 e. The van der Waals surface area contributed by atoms with Crippen LogP contribution in [-0.4, -0.2) is 24.7 Å². The molecule has 0 fully saturated rings. The van der Waals surface area contributed by atoms with Gasteiger partial charge in [-0.25, -0.2) is 9.67 Å². The van der Waals surface area contributed by atoms with Gasteiger partial charge in [0.1, 0.15) is 4.60 Å². The van der Waals surface area contributed by atoms with Gasteiger partial charge in [-0.05, 0) is 59.8 Å². The van der Waals surface area contributed by atoms with E-state index in [1.54, 1.807) is 0 Å². The number of hydrogen-bond acceptors (Lipinski definition) is 5. The summed E-state index contributed by atoms with van der Waals surface area (Å²) in [5, 5.41) is 5.77. The zero-order chi connectivity index (χ0) is 18.3. The van der Waals surface area contributed by atoms with Gasteiger partial charge >= 0.3 is 0 Å². The van der Waals surface area contributed by atoms with Gasteiger partial charge in [0, 0.05) is 12.1 Å². The molecule has 1 unspecified atom stereocenters. The van der Waals surface area contributed by atoms with E-state index in [2.05, 4.69) is 65.5 Å². The van der Waals surface area contributed by atoms with Crippen LogP contribution in [0.4, 0.5) is 5.95 Å². The van der Waals surface area contributed by atoms with Gasteiger partial charge in [-0.2, -0.15) is 10.1 Å². The molecule has 3 aromatic heterocycles. The van der Waals surface area contributed by atoms with Crippen LogP contribution in [0.2, 0.25) is 0 Å². The maximum Gasteiger partial charge on any atom is 0.223 e. The smallest absolute Gasteiger partial charge is 0.223 e. The third kappa shape index (κ3) is 3.13. The molecule has 6 nitrogen and oxygen atoms in total. The summed E-state index contributed by atoms with van der Waals surface area (Å²) in [7, 11) is 0. The van der Waals surface area contributed by atoms with Crippen LogP contribution in [0.25, 0.3) is 11.0 Å². The molecule has 0 amide bonds. The number of nitrogens with zero attached hydrogens (tertiary/aromatic N) is 5. The minimum absolute atomic E-state index is 0.237. The fourth-order valence-corrected chi connectivity index (χ4v) is 3.47. The third-order valence-electron chi connectivity index (χ3n) is 4.97. The van der Waals surface area contributed by atoms with Crippen molar-refractivity contribution in [2.75, 3.05) is 5.73 Å². The number of rotatable bonds is 4. The second-order valence-electron chi connectivity index (χ2n) is 6.56. The van der Waals surface area contributed by atoms with Crippen molar-refractivity contribution in [1.29, 1.82) is 0 Å². The van der Waals surface area contributed by atoms with E-state index in [9.17, 15) is 0 Å². The zero-order valence-electron chi connectivity index (χ0n) is 15.3. The summed E-state index contributed by atoms with van der Waals surface area (Å²) < 4.78 is 2.59. The molecule has 0 bridgehead atoms. The van der Waals surface area contributed by atoms with Crippen LogP contribution in [0.3, 0.4) is 0 Å². The average Bonchev–Trinajstić information content (AvgIpc) is 2.93. The summed E-state index contributed by atoms with van der Waals surface area (Å²) in [5.74, 6) is 0.544. The van der Waals surface area contributed by atoms with Crippen LogP contribution in [0.1, 0.15) is 54.3 Å². The summed E-state index contributed by atoms with van der Waals surface area (Å²) in [6.07, 6.45) is 2.90. The van der Waals surface area contributed by atoms with E-state index in [-0.39, 0.29) is 5.95 Å². The van der Waals surface area contributed by atoms with Crippen molar-refractivity contribution >= 4 is 32.9 Å². The van der Waals surface area contributed by atoms with Gasteiger partial charge in [-0.3, -0.25) is 4.98 Å². The van der Waals surface area contributed by atoms with Crippen LogP contribution in [0.5, 0.6) is 0 Å². The number of nitrogen functional groups attached to an aromatic ring is 1. The number of nitrogens with two attached hydrogens (primary N) is 1. The van der Waals surface area contributed by atoms with Gasteiger partial charge < -0.3 is 5.73 Å². The number of anilines is 1. The largest absolute Gasteiger partial charge is 0.368 e. The molecule has 0 aromatic carbocycles. The van der Waals surface area contributed by atoms with E-state index in [0.717, 1.165) is 28.8 Å². The number of aromatic nitrogens is 5. The lowest BCUT2D eigenvalue weighted by Crippen LogP contribution is -2.09. The first kappa shape index (κ1) is 17.8. The SMILES string of the molecule is CCC(C)c1nn(Cc2ncc(C)c(C)c2C)c2nc(N)nc(Br)c12. The standard InChI is InChI=1S/C18H23BrN6/c1-6-9(2)15-14-16(19)22-18(20)23-17(14)25(24-15)8-13-12(5)11(4)10(3)7-21-13/h7,9H,6,8H2,1-5H3,(H2,20,22,23). The van der Waals surface area contributed by atoms with Crippen LogP contribution < -0.4 is 5.73 Å². The molecule has 3 aromatic rings. The van der Waals surface area contributed by atoms with Crippen molar-refractivity contribution in [3.05, 3.63) is 38.9 Å². The predicted molar refractivity (Wildman–Crippen MR) is 104 cm³/mol. The fraction of sp³-hybridized carbons (Fsp3) is 0.444. The summed E-state index contributed by atoms with van der Waals surface area (Å²) in [5.41, 5.74) is 12.3. The van der Waals surface area contributed by atoms with Crippen molar-refractivity contribution in [2.45, 2.75) is 53.5 Å². The van der Waals surface area contributed by atoms with Crippen molar-refractivity contribution < 1.29 is 0 Å². The molecule has 0 aliphatic rings. The molecule has 25 heavy (non-hydrogen) atoms.